The van der Waals surface area contributed by atoms with Gasteiger partial charge in [0.1, 0.15) is 0 Å². The zero-order valence-corrected chi connectivity index (χ0v) is 8.91. The van der Waals surface area contributed by atoms with Gasteiger partial charge in [-0.1, -0.05) is 6.92 Å². The molecular formula is C10H19N3. The van der Waals surface area contributed by atoms with Crippen LogP contribution < -0.4 is 5.32 Å². The lowest BCUT2D eigenvalue weighted by Gasteiger charge is -2.18. The topological polar surface area (TPSA) is 29.9 Å². The van der Waals surface area contributed by atoms with Crippen LogP contribution in [0.5, 0.6) is 0 Å². The van der Waals surface area contributed by atoms with Crippen LogP contribution >= 0.6 is 0 Å². The Morgan fingerprint density at radius 2 is 2.23 bits per heavy atom. The first-order valence-electron chi connectivity index (χ1n) is 4.89. The molecule has 2 unspecified atom stereocenters. The van der Waals surface area contributed by atoms with Crippen molar-refractivity contribution in [2.75, 3.05) is 0 Å². The smallest absolute Gasteiger partial charge is 0.0547 e. The second-order valence-corrected chi connectivity index (χ2v) is 3.58. The monoisotopic (exact) mass is 181 g/mol. The highest BCUT2D eigenvalue weighted by Crippen LogP contribution is 2.11. The summed E-state index contributed by atoms with van der Waals surface area (Å²) in [5, 5.41) is 7.66. The molecule has 2 atom stereocenters. The first-order chi connectivity index (χ1) is 6.15. The van der Waals surface area contributed by atoms with E-state index in [1.54, 1.807) is 0 Å². The van der Waals surface area contributed by atoms with E-state index in [4.69, 9.17) is 0 Å². The van der Waals surface area contributed by atoms with Crippen LogP contribution in [0, 0.1) is 0 Å². The lowest BCUT2D eigenvalue weighted by atomic mass is 10.2. The van der Waals surface area contributed by atoms with Crippen molar-refractivity contribution >= 4 is 0 Å². The number of hydrogen-bond donors (Lipinski definition) is 1. The summed E-state index contributed by atoms with van der Waals surface area (Å²) in [5.74, 6) is 0. The third-order valence-corrected chi connectivity index (χ3v) is 2.45. The van der Waals surface area contributed by atoms with Crippen molar-refractivity contribution in [3.63, 3.8) is 0 Å². The van der Waals surface area contributed by atoms with Gasteiger partial charge in [0.05, 0.1) is 5.69 Å². The number of nitrogens with one attached hydrogen (secondary N) is 1. The van der Waals surface area contributed by atoms with Crippen LogP contribution in [-0.4, -0.2) is 15.8 Å². The Labute approximate surface area is 80.1 Å². The van der Waals surface area contributed by atoms with Crippen molar-refractivity contribution < 1.29 is 0 Å². The SMILES string of the molecule is CCC(C)NC(C)c1ccnn1C. The molecule has 13 heavy (non-hydrogen) atoms. The third-order valence-electron chi connectivity index (χ3n) is 2.45. The molecule has 1 rings (SSSR count). The van der Waals surface area contributed by atoms with Gasteiger partial charge in [0.2, 0.25) is 0 Å². The number of rotatable bonds is 4. The third kappa shape index (κ3) is 2.56. The van der Waals surface area contributed by atoms with E-state index < -0.39 is 0 Å². The zero-order valence-electron chi connectivity index (χ0n) is 8.91. The van der Waals surface area contributed by atoms with Crippen LogP contribution in [0.15, 0.2) is 12.3 Å². The predicted molar refractivity (Wildman–Crippen MR) is 54.5 cm³/mol. The molecule has 3 nitrogen and oxygen atoms in total. The minimum atomic E-state index is 0.377. The molecule has 0 fully saturated rings. The molecule has 1 heterocycles. The Balaban J connectivity index is 2.58. The Morgan fingerprint density at radius 3 is 2.69 bits per heavy atom. The maximum Gasteiger partial charge on any atom is 0.0547 e. The molecule has 0 bridgehead atoms. The Hall–Kier alpha value is -0.830. The normalized spacial score (nSPS) is 15.7. The molecule has 0 aromatic carbocycles. The summed E-state index contributed by atoms with van der Waals surface area (Å²) in [6.07, 6.45) is 2.99. The summed E-state index contributed by atoms with van der Waals surface area (Å²) in [7, 11) is 1.98. The van der Waals surface area contributed by atoms with Gasteiger partial charge in [0, 0.05) is 25.3 Å². The molecule has 0 saturated carbocycles. The van der Waals surface area contributed by atoms with Gasteiger partial charge in [-0.15, -0.1) is 0 Å². The quantitative estimate of drug-likeness (QED) is 0.768. The first kappa shape index (κ1) is 10.3. The van der Waals surface area contributed by atoms with Gasteiger partial charge >= 0.3 is 0 Å². The van der Waals surface area contributed by atoms with Crippen LogP contribution in [0.2, 0.25) is 0 Å². The summed E-state index contributed by atoms with van der Waals surface area (Å²) in [5.41, 5.74) is 1.24. The summed E-state index contributed by atoms with van der Waals surface area (Å²) in [4.78, 5) is 0. The summed E-state index contributed by atoms with van der Waals surface area (Å²) in [6, 6.07) is 2.99. The first-order valence-corrected chi connectivity index (χ1v) is 4.89. The van der Waals surface area contributed by atoms with Gasteiger partial charge in [-0.3, -0.25) is 4.68 Å². The largest absolute Gasteiger partial charge is 0.306 e. The van der Waals surface area contributed by atoms with Crippen LogP contribution in [0.1, 0.15) is 38.9 Å². The van der Waals surface area contributed by atoms with Gasteiger partial charge in [0.25, 0.3) is 0 Å². The van der Waals surface area contributed by atoms with Crippen molar-refractivity contribution in [3.05, 3.63) is 18.0 Å². The maximum atomic E-state index is 4.15. The van der Waals surface area contributed by atoms with E-state index in [0.29, 0.717) is 12.1 Å². The fourth-order valence-corrected chi connectivity index (χ4v) is 1.44. The molecule has 1 aromatic heterocycles. The molecule has 0 aliphatic heterocycles. The van der Waals surface area contributed by atoms with E-state index in [-0.39, 0.29) is 0 Å². The predicted octanol–water partition coefficient (Wildman–Crippen LogP) is 1.87. The molecule has 74 valence electrons. The molecule has 0 aliphatic rings. The highest BCUT2D eigenvalue weighted by molar-refractivity contribution is 5.05. The van der Waals surface area contributed by atoms with Gasteiger partial charge in [-0.05, 0) is 26.3 Å². The van der Waals surface area contributed by atoms with Crippen molar-refractivity contribution in [1.82, 2.24) is 15.1 Å². The van der Waals surface area contributed by atoms with Crippen molar-refractivity contribution in [2.24, 2.45) is 7.05 Å². The highest BCUT2D eigenvalue weighted by Gasteiger charge is 2.10. The highest BCUT2D eigenvalue weighted by atomic mass is 15.3. The standard InChI is InChI=1S/C10H19N3/c1-5-8(2)12-9(3)10-6-7-11-13(10)4/h6-9,12H,5H2,1-4H3. The van der Waals surface area contributed by atoms with E-state index in [2.05, 4.69) is 37.3 Å². The molecular weight excluding hydrogens is 162 g/mol. The Bertz CT molecular complexity index is 254. The van der Waals surface area contributed by atoms with Crippen molar-refractivity contribution in [1.29, 1.82) is 0 Å². The molecule has 0 saturated heterocycles. The van der Waals surface area contributed by atoms with Crippen molar-refractivity contribution in [3.8, 4) is 0 Å². The lowest BCUT2D eigenvalue weighted by molar-refractivity contribution is 0.449. The van der Waals surface area contributed by atoms with E-state index in [1.165, 1.54) is 5.69 Å². The van der Waals surface area contributed by atoms with E-state index >= 15 is 0 Å². The minimum absolute atomic E-state index is 0.377. The lowest BCUT2D eigenvalue weighted by Crippen LogP contribution is -2.29. The fraction of sp³-hybridized carbons (Fsp3) is 0.700. The van der Waals surface area contributed by atoms with Crippen LogP contribution in [0.3, 0.4) is 0 Å². The summed E-state index contributed by atoms with van der Waals surface area (Å²) in [6.45, 7) is 6.56. The fourth-order valence-electron chi connectivity index (χ4n) is 1.44. The van der Waals surface area contributed by atoms with Gasteiger partial charge < -0.3 is 5.32 Å². The molecule has 1 aromatic rings. The van der Waals surface area contributed by atoms with Crippen LogP contribution in [0.25, 0.3) is 0 Å². The zero-order chi connectivity index (χ0) is 9.84. The molecule has 3 heteroatoms. The van der Waals surface area contributed by atoms with E-state index in [1.807, 2.05) is 17.9 Å². The minimum Gasteiger partial charge on any atom is -0.306 e. The average molecular weight is 181 g/mol. The number of nitrogens with zero attached hydrogens (tertiary/aromatic N) is 2. The number of aromatic nitrogens is 2. The molecule has 0 aliphatic carbocycles. The molecule has 1 N–H and O–H groups in total. The Morgan fingerprint density at radius 1 is 1.54 bits per heavy atom. The van der Waals surface area contributed by atoms with E-state index in [0.717, 1.165) is 6.42 Å². The van der Waals surface area contributed by atoms with E-state index in [9.17, 15) is 0 Å². The number of aryl methyl sites for hydroxylation is 1. The van der Waals surface area contributed by atoms with Gasteiger partial charge in [-0.2, -0.15) is 5.10 Å². The summed E-state index contributed by atoms with van der Waals surface area (Å²) < 4.78 is 1.92. The second-order valence-electron chi connectivity index (χ2n) is 3.58. The molecule has 0 amide bonds. The van der Waals surface area contributed by atoms with Gasteiger partial charge in [-0.25, -0.2) is 0 Å². The van der Waals surface area contributed by atoms with Gasteiger partial charge in [0.15, 0.2) is 0 Å². The van der Waals surface area contributed by atoms with Crippen LogP contribution in [0.4, 0.5) is 0 Å². The average Bonchev–Trinajstić information content (AvgIpc) is 2.51. The summed E-state index contributed by atoms with van der Waals surface area (Å²) >= 11 is 0. The maximum absolute atomic E-state index is 4.15. The molecule has 0 radical (unpaired) electrons. The molecule has 0 spiro atoms. The number of hydrogen-bond acceptors (Lipinski definition) is 2. The van der Waals surface area contributed by atoms with Crippen LogP contribution in [-0.2, 0) is 7.05 Å². The Kier molecular flexibility index (Phi) is 3.48. The second kappa shape index (κ2) is 4.42. The van der Waals surface area contributed by atoms with Crippen molar-refractivity contribution in [2.45, 2.75) is 39.3 Å².